The maximum atomic E-state index is 12.7. The van der Waals surface area contributed by atoms with E-state index >= 15 is 0 Å². The predicted molar refractivity (Wildman–Crippen MR) is 137 cm³/mol. The van der Waals surface area contributed by atoms with E-state index in [4.69, 9.17) is 9.47 Å². The largest absolute Gasteiger partial charge is 0.465 e. The lowest BCUT2D eigenvalue weighted by Crippen LogP contribution is -2.41. The van der Waals surface area contributed by atoms with Crippen molar-refractivity contribution in [2.75, 3.05) is 37.8 Å². The molecular weight excluding hydrogens is 522 g/mol. The van der Waals surface area contributed by atoms with Crippen molar-refractivity contribution in [1.82, 2.24) is 9.47 Å². The molecule has 0 radical (unpaired) electrons. The van der Waals surface area contributed by atoms with E-state index in [9.17, 15) is 27.6 Å². The van der Waals surface area contributed by atoms with Crippen LogP contribution in [0.2, 0.25) is 0 Å². The SMILES string of the molecule is CCOC(=O)Cn1c(=NC(=O)CS(=O)(=O)CC(=O)N2CCC(C)CC2)sc2cc(C(=O)OCC)ccc21. The van der Waals surface area contributed by atoms with Crippen LogP contribution in [0.3, 0.4) is 0 Å². The van der Waals surface area contributed by atoms with E-state index in [0.29, 0.717) is 29.2 Å². The van der Waals surface area contributed by atoms with E-state index in [1.807, 2.05) is 0 Å². The van der Waals surface area contributed by atoms with E-state index < -0.39 is 45.1 Å². The molecule has 37 heavy (non-hydrogen) atoms. The fourth-order valence-electron chi connectivity index (χ4n) is 3.90. The quantitative estimate of drug-likeness (QED) is 0.426. The second kappa shape index (κ2) is 12.5. The van der Waals surface area contributed by atoms with Gasteiger partial charge in [0.1, 0.15) is 18.1 Å². The number of carbonyl (C=O) groups is 4. The molecule has 1 saturated heterocycles. The first kappa shape index (κ1) is 28.5. The van der Waals surface area contributed by atoms with Gasteiger partial charge in [0, 0.05) is 13.1 Å². The number of thiazole rings is 1. The minimum atomic E-state index is -4.05. The van der Waals surface area contributed by atoms with Gasteiger partial charge < -0.3 is 18.9 Å². The summed E-state index contributed by atoms with van der Waals surface area (Å²) in [7, 11) is -4.05. The van der Waals surface area contributed by atoms with Gasteiger partial charge in [0.25, 0.3) is 5.91 Å². The monoisotopic (exact) mass is 553 g/mol. The smallest absolute Gasteiger partial charge is 0.338 e. The summed E-state index contributed by atoms with van der Waals surface area (Å²) < 4.78 is 37.2. The number of nitrogens with zero attached hydrogens (tertiary/aromatic N) is 3. The first-order valence-electron chi connectivity index (χ1n) is 12.0. The number of esters is 2. The fraction of sp³-hybridized carbons (Fsp3) is 0.542. The number of ether oxygens (including phenoxy) is 2. The van der Waals surface area contributed by atoms with Gasteiger partial charge in [0.05, 0.1) is 29.0 Å². The topological polar surface area (TPSA) is 141 Å². The highest BCUT2D eigenvalue weighted by Gasteiger charge is 2.27. The first-order valence-corrected chi connectivity index (χ1v) is 14.7. The molecule has 1 fully saturated rings. The molecule has 202 valence electrons. The van der Waals surface area contributed by atoms with Gasteiger partial charge in [0.15, 0.2) is 14.6 Å². The summed E-state index contributed by atoms with van der Waals surface area (Å²) in [6.07, 6.45) is 1.62. The molecule has 2 heterocycles. The van der Waals surface area contributed by atoms with Gasteiger partial charge in [-0.3, -0.25) is 14.4 Å². The molecule has 2 amide bonds. The third-order valence-corrected chi connectivity index (χ3v) is 8.24. The van der Waals surface area contributed by atoms with Gasteiger partial charge in [0.2, 0.25) is 5.91 Å². The van der Waals surface area contributed by atoms with Crippen LogP contribution in [0.5, 0.6) is 0 Å². The van der Waals surface area contributed by atoms with Crippen LogP contribution < -0.4 is 4.80 Å². The van der Waals surface area contributed by atoms with Crippen LogP contribution in [0.25, 0.3) is 10.2 Å². The number of rotatable bonds is 9. The molecule has 0 N–H and O–H groups in total. The third-order valence-electron chi connectivity index (χ3n) is 5.83. The van der Waals surface area contributed by atoms with E-state index in [2.05, 4.69) is 11.9 Å². The third kappa shape index (κ3) is 7.71. The number of amides is 2. The highest BCUT2D eigenvalue weighted by atomic mass is 32.2. The molecule has 0 atom stereocenters. The molecule has 3 rings (SSSR count). The first-order chi connectivity index (χ1) is 17.5. The lowest BCUT2D eigenvalue weighted by Gasteiger charge is -2.30. The highest BCUT2D eigenvalue weighted by Crippen LogP contribution is 2.20. The molecule has 0 bridgehead atoms. The molecule has 1 aromatic heterocycles. The molecule has 0 spiro atoms. The molecule has 13 heteroatoms. The average Bonchev–Trinajstić information content (AvgIpc) is 3.14. The molecule has 2 aromatic rings. The number of benzene rings is 1. The zero-order valence-electron chi connectivity index (χ0n) is 21.1. The molecule has 0 aliphatic carbocycles. The van der Waals surface area contributed by atoms with Crippen molar-refractivity contribution in [3.63, 3.8) is 0 Å². The van der Waals surface area contributed by atoms with Gasteiger partial charge in [-0.25, -0.2) is 13.2 Å². The summed E-state index contributed by atoms with van der Waals surface area (Å²) in [5.41, 5.74) is 0.792. The molecule has 1 aliphatic rings. The minimum Gasteiger partial charge on any atom is -0.465 e. The summed E-state index contributed by atoms with van der Waals surface area (Å²) >= 11 is 1.01. The number of piperidine rings is 1. The molecule has 1 aromatic carbocycles. The van der Waals surface area contributed by atoms with Crippen LogP contribution in [-0.2, 0) is 40.2 Å². The van der Waals surface area contributed by atoms with Crippen molar-refractivity contribution in [3.05, 3.63) is 28.6 Å². The summed E-state index contributed by atoms with van der Waals surface area (Å²) in [6, 6.07) is 4.67. The molecular formula is C24H31N3O8S2. The van der Waals surface area contributed by atoms with E-state index in [1.165, 1.54) is 15.5 Å². The summed E-state index contributed by atoms with van der Waals surface area (Å²) in [4.78, 5) is 55.0. The van der Waals surface area contributed by atoms with Crippen molar-refractivity contribution in [2.24, 2.45) is 10.9 Å². The number of fused-ring (bicyclic) bond motifs is 1. The predicted octanol–water partition coefficient (Wildman–Crippen LogP) is 1.54. The molecule has 0 unspecified atom stereocenters. The van der Waals surface area contributed by atoms with Gasteiger partial charge in [-0.05, 0) is 50.8 Å². The number of carbonyl (C=O) groups excluding carboxylic acids is 4. The van der Waals surface area contributed by atoms with Crippen molar-refractivity contribution in [2.45, 2.75) is 40.2 Å². The Balaban J connectivity index is 1.86. The Morgan fingerprint density at radius 3 is 2.38 bits per heavy atom. The van der Waals surface area contributed by atoms with E-state index in [1.54, 1.807) is 26.0 Å². The van der Waals surface area contributed by atoms with Crippen molar-refractivity contribution in [1.29, 1.82) is 0 Å². The summed E-state index contributed by atoms with van der Waals surface area (Å²) in [5.74, 6) is -3.80. The Morgan fingerprint density at radius 1 is 1.05 bits per heavy atom. The lowest BCUT2D eigenvalue weighted by atomic mass is 9.99. The van der Waals surface area contributed by atoms with Crippen LogP contribution in [0, 0.1) is 5.92 Å². The van der Waals surface area contributed by atoms with Crippen LogP contribution in [0.4, 0.5) is 0 Å². The lowest BCUT2D eigenvalue weighted by molar-refractivity contribution is -0.143. The zero-order valence-corrected chi connectivity index (χ0v) is 22.7. The van der Waals surface area contributed by atoms with Gasteiger partial charge in [-0.1, -0.05) is 18.3 Å². The van der Waals surface area contributed by atoms with Crippen LogP contribution in [0.15, 0.2) is 23.2 Å². The maximum Gasteiger partial charge on any atom is 0.338 e. The number of hydrogen-bond acceptors (Lipinski definition) is 9. The average molecular weight is 554 g/mol. The zero-order chi connectivity index (χ0) is 27.2. The summed E-state index contributed by atoms with van der Waals surface area (Å²) in [5, 5.41) is 0. The van der Waals surface area contributed by atoms with Crippen molar-refractivity contribution >= 4 is 55.1 Å². The normalized spacial score (nSPS) is 15.1. The highest BCUT2D eigenvalue weighted by molar-refractivity contribution is 7.92. The number of hydrogen-bond donors (Lipinski definition) is 0. The Hall–Kier alpha value is -3.06. The van der Waals surface area contributed by atoms with Crippen molar-refractivity contribution < 1.29 is 37.1 Å². The van der Waals surface area contributed by atoms with Gasteiger partial charge in [-0.15, -0.1) is 0 Å². The Kier molecular flexibility index (Phi) is 9.60. The number of likely N-dealkylation sites (tertiary alicyclic amines) is 1. The van der Waals surface area contributed by atoms with Gasteiger partial charge in [-0.2, -0.15) is 4.99 Å². The Morgan fingerprint density at radius 2 is 1.73 bits per heavy atom. The maximum absolute atomic E-state index is 12.7. The van der Waals surface area contributed by atoms with Crippen LogP contribution in [0.1, 0.15) is 44.0 Å². The number of aromatic nitrogens is 1. The minimum absolute atomic E-state index is 0.0700. The van der Waals surface area contributed by atoms with E-state index in [-0.39, 0.29) is 30.1 Å². The second-order valence-corrected chi connectivity index (χ2v) is 11.9. The fourth-order valence-corrected chi connectivity index (χ4v) is 6.09. The van der Waals surface area contributed by atoms with Crippen LogP contribution in [-0.4, -0.2) is 79.4 Å². The standard InChI is InChI=1S/C24H31N3O8S2/c1-4-34-22(30)13-27-18-7-6-17(23(31)35-5-2)12-19(18)36-24(27)25-20(28)14-37(32,33)15-21(29)26-10-8-16(3)9-11-26/h6-7,12,16H,4-5,8-11,13-15H2,1-3H3. The molecule has 1 aliphatic heterocycles. The number of sulfone groups is 1. The van der Waals surface area contributed by atoms with Gasteiger partial charge >= 0.3 is 11.9 Å². The molecule has 0 saturated carbocycles. The Bertz CT molecular complexity index is 1350. The van der Waals surface area contributed by atoms with E-state index in [0.717, 1.165) is 24.2 Å². The summed E-state index contributed by atoms with van der Waals surface area (Å²) in [6.45, 7) is 6.51. The Labute approximate surface area is 219 Å². The second-order valence-electron chi connectivity index (χ2n) is 8.78. The molecule has 11 nitrogen and oxygen atoms in total. The van der Waals surface area contributed by atoms with Crippen LogP contribution >= 0.6 is 11.3 Å². The van der Waals surface area contributed by atoms with Crippen molar-refractivity contribution in [3.8, 4) is 0 Å².